The largest absolute Gasteiger partial charge is 0.355 e. The van der Waals surface area contributed by atoms with Crippen LogP contribution in [0.3, 0.4) is 0 Å². The SMILES string of the molecule is CCNC(=O)C(C)N(Cc1ccc(Cl)cc1)C(=O)CCCN1C(=O)c2ccccc2S1(=O)=O. The van der Waals surface area contributed by atoms with E-state index in [9.17, 15) is 22.8 Å². The molecule has 1 aliphatic rings. The highest BCUT2D eigenvalue weighted by Crippen LogP contribution is 2.30. The zero-order valence-electron chi connectivity index (χ0n) is 18.5. The summed E-state index contributed by atoms with van der Waals surface area (Å²) in [5.41, 5.74) is 0.940. The Morgan fingerprint density at radius 3 is 2.42 bits per heavy atom. The summed E-state index contributed by atoms with van der Waals surface area (Å²) in [6.07, 6.45) is 0.115. The molecule has 3 rings (SSSR count). The van der Waals surface area contributed by atoms with Gasteiger partial charge in [-0.1, -0.05) is 35.9 Å². The molecule has 33 heavy (non-hydrogen) atoms. The first-order valence-corrected chi connectivity index (χ1v) is 12.5. The van der Waals surface area contributed by atoms with Crippen LogP contribution < -0.4 is 5.32 Å². The Hall–Kier alpha value is -2.91. The molecule has 2 aromatic carbocycles. The summed E-state index contributed by atoms with van der Waals surface area (Å²) in [5.74, 6) is -1.19. The van der Waals surface area contributed by atoms with E-state index in [1.807, 2.05) is 0 Å². The Kier molecular flexibility index (Phi) is 7.76. The highest BCUT2D eigenvalue weighted by molar-refractivity contribution is 7.90. The number of fused-ring (bicyclic) bond motifs is 1. The van der Waals surface area contributed by atoms with Gasteiger partial charge in [-0.05, 0) is 50.1 Å². The van der Waals surface area contributed by atoms with E-state index in [1.54, 1.807) is 50.2 Å². The predicted molar refractivity (Wildman–Crippen MR) is 124 cm³/mol. The van der Waals surface area contributed by atoms with Crippen molar-refractivity contribution < 1.29 is 22.8 Å². The van der Waals surface area contributed by atoms with Gasteiger partial charge in [0.2, 0.25) is 11.8 Å². The van der Waals surface area contributed by atoms with Gasteiger partial charge in [0, 0.05) is 31.1 Å². The molecule has 0 aromatic heterocycles. The van der Waals surface area contributed by atoms with E-state index in [0.717, 1.165) is 9.87 Å². The Morgan fingerprint density at radius 1 is 1.12 bits per heavy atom. The van der Waals surface area contributed by atoms with Gasteiger partial charge in [0.05, 0.1) is 5.56 Å². The number of carbonyl (C=O) groups is 3. The van der Waals surface area contributed by atoms with Crippen LogP contribution in [0.2, 0.25) is 5.02 Å². The van der Waals surface area contributed by atoms with Crippen molar-refractivity contribution in [3.05, 3.63) is 64.7 Å². The number of hydrogen-bond acceptors (Lipinski definition) is 5. The molecule has 0 saturated carbocycles. The van der Waals surface area contributed by atoms with Gasteiger partial charge in [-0.25, -0.2) is 12.7 Å². The van der Waals surface area contributed by atoms with Crippen LogP contribution in [-0.2, 0) is 26.2 Å². The number of benzene rings is 2. The zero-order chi connectivity index (χ0) is 24.2. The predicted octanol–water partition coefficient (Wildman–Crippen LogP) is 2.82. The van der Waals surface area contributed by atoms with E-state index in [0.29, 0.717) is 11.6 Å². The summed E-state index contributed by atoms with van der Waals surface area (Å²) in [7, 11) is -3.92. The fourth-order valence-corrected chi connectivity index (χ4v) is 5.39. The smallest absolute Gasteiger partial charge is 0.269 e. The van der Waals surface area contributed by atoms with E-state index in [2.05, 4.69) is 5.32 Å². The summed E-state index contributed by atoms with van der Waals surface area (Å²) in [6.45, 7) is 3.94. The maximum atomic E-state index is 13.1. The lowest BCUT2D eigenvalue weighted by Crippen LogP contribution is -2.47. The molecule has 0 bridgehead atoms. The Labute approximate surface area is 198 Å². The fraction of sp³-hybridized carbons (Fsp3) is 0.348. The molecule has 1 aliphatic heterocycles. The normalized spacial score (nSPS) is 15.1. The molecule has 0 spiro atoms. The van der Waals surface area contributed by atoms with Gasteiger partial charge < -0.3 is 10.2 Å². The van der Waals surface area contributed by atoms with Crippen molar-refractivity contribution in [2.24, 2.45) is 0 Å². The fourth-order valence-electron chi connectivity index (χ4n) is 3.66. The molecule has 0 saturated heterocycles. The quantitative estimate of drug-likeness (QED) is 0.581. The highest BCUT2D eigenvalue weighted by Gasteiger charge is 2.40. The maximum absolute atomic E-state index is 13.1. The summed E-state index contributed by atoms with van der Waals surface area (Å²) in [6, 6.07) is 12.3. The molecule has 1 unspecified atom stereocenters. The number of nitrogens with zero attached hydrogens (tertiary/aromatic N) is 2. The van der Waals surface area contributed by atoms with E-state index >= 15 is 0 Å². The highest BCUT2D eigenvalue weighted by atomic mass is 35.5. The third-order valence-corrected chi connectivity index (χ3v) is 7.54. The molecule has 1 atom stereocenters. The van der Waals surface area contributed by atoms with Crippen molar-refractivity contribution in [1.29, 1.82) is 0 Å². The molecule has 176 valence electrons. The lowest BCUT2D eigenvalue weighted by atomic mass is 10.1. The van der Waals surface area contributed by atoms with Crippen LogP contribution in [0.15, 0.2) is 53.4 Å². The second-order valence-electron chi connectivity index (χ2n) is 7.70. The Bertz CT molecular complexity index is 1150. The molecule has 1 heterocycles. The molecule has 0 fully saturated rings. The third kappa shape index (κ3) is 5.36. The minimum absolute atomic E-state index is 0.0180. The topological polar surface area (TPSA) is 104 Å². The van der Waals surface area contributed by atoms with Crippen molar-refractivity contribution in [2.45, 2.75) is 44.2 Å². The molecule has 1 N–H and O–H groups in total. The Balaban J connectivity index is 1.70. The number of sulfonamides is 1. The minimum Gasteiger partial charge on any atom is -0.355 e. The van der Waals surface area contributed by atoms with Crippen LogP contribution >= 0.6 is 11.6 Å². The van der Waals surface area contributed by atoms with Crippen LogP contribution in [0, 0.1) is 0 Å². The number of nitrogens with one attached hydrogen (secondary N) is 1. The number of rotatable bonds is 9. The van der Waals surface area contributed by atoms with Gasteiger partial charge in [-0.3, -0.25) is 14.4 Å². The van der Waals surface area contributed by atoms with E-state index in [-0.39, 0.29) is 48.2 Å². The number of amides is 3. The molecule has 10 heteroatoms. The summed E-state index contributed by atoms with van der Waals surface area (Å²) in [4.78, 5) is 39.5. The molecule has 0 radical (unpaired) electrons. The van der Waals surface area contributed by atoms with E-state index in [4.69, 9.17) is 11.6 Å². The molecular formula is C23H26ClN3O5S. The Morgan fingerprint density at radius 2 is 1.79 bits per heavy atom. The van der Waals surface area contributed by atoms with Crippen LogP contribution in [-0.4, -0.2) is 54.5 Å². The van der Waals surface area contributed by atoms with Crippen molar-refractivity contribution in [3.8, 4) is 0 Å². The molecule has 8 nitrogen and oxygen atoms in total. The number of hydrogen-bond donors (Lipinski definition) is 1. The molecule has 0 aliphatic carbocycles. The lowest BCUT2D eigenvalue weighted by Gasteiger charge is -2.29. The number of halogens is 1. The average Bonchev–Trinajstić information content (AvgIpc) is 2.99. The van der Waals surface area contributed by atoms with Crippen LogP contribution in [0.25, 0.3) is 0 Å². The average molecular weight is 492 g/mol. The van der Waals surface area contributed by atoms with Gasteiger partial charge >= 0.3 is 0 Å². The lowest BCUT2D eigenvalue weighted by molar-refractivity contribution is -0.140. The van der Waals surface area contributed by atoms with Crippen molar-refractivity contribution in [3.63, 3.8) is 0 Å². The first-order chi connectivity index (χ1) is 15.7. The van der Waals surface area contributed by atoms with Crippen LogP contribution in [0.1, 0.15) is 42.6 Å². The van der Waals surface area contributed by atoms with Crippen LogP contribution in [0.4, 0.5) is 0 Å². The van der Waals surface area contributed by atoms with Gasteiger partial charge in [-0.15, -0.1) is 0 Å². The van der Waals surface area contributed by atoms with Gasteiger partial charge in [0.1, 0.15) is 10.9 Å². The van der Waals surface area contributed by atoms with E-state index in [1.165, 1.54) is 17.0 Å². The van der Waals surface area contributed by atoms with Crippen LogP contribution in [0.5, 0.6) is 0 Å². The minimum atomic E-state index is -3.92. The third-order valence-electron chi connectivity index (χ3n) is 5.45. The number of likely N-dealkylation sites (N-methyl/N-ethyl adjacent to an activating group) is 1. The number of carbonyl (C=O) groups excluding carboxylic acids is 3. The first-order valence-electron chi connectivity index (χ1n) is 10.6. The zero-order valence-corrected chi connectivity index (χ0v) is 20.0. The second-order valence-corrected chi connectivity index (χ2v) is 9.97. The van der Waals surface area contributed by atoms with Gasteiger partial charge in [0.25, 0.3) is 15.9 Å². The molecule has 2 aromatic rings. The second kappa shape index (κ2) is 10.4. The standard InChI is InChI=1S/C23H26ClN3O5S/c1-3-25-22(29)16(2)26(15-17-10-12-18(24)13-11-17)21(28)9-6-14-27-23(30)19-7-4-5-8-20(19)33(27,31)32/h4-5,7-8,10-13,16H,3,6,9,14-15H2,1-2H3,(H,25,29). The summed E-state index contributed by atoms with van der Waals surface area (Å²) in [5, 5.41) is 3.28. The first kappa shape index (κ1) is 24.7. The van der Waals surface area contributed by atoms with Crippen molar-refractivity contribution in [1.82, 2.24) is 14.5 Å². The van der Waals surface area contributed by atoms with Crippen molar-refractivity contribution in [2.75, 3.05) is 13.1 Å². The van der Waals surface area contributed by atoms with Gasteiger partial charge in [-0.2, -0.15) is 0 Å². The molecule has 3 amide bonds. The van der Waals surface area contributed by atoms with Crippen molar-refractivity contribution >= 4 is 39.3 Å². The maximum Gasteiger partial charge on any atom is 0.269 e. The molecular weight excluding hydrogens is 466 g/mol. The summed E-state index contributed by atoms with van der Waals surface area (Å²) < 4.78 is 26.2. The summed E-state index contributed by atoms with van der Waals surface area (Å²) >= 11 is 5.94. The monoisotopic (exact) mass is 491 g/mol. The van der Waals surface area contributed by atoms with Gasteiger partial charge in [0.15, 0.2) is 0 Å². The van der Waals surface area contributed by atoms with E-state index < -0.39 is 22.0 Å².